The average Bonchev–Trinajstić information content (AvgIpc) is 2.39. The normalized spacial score (nSPS) is 44.8. The molecule has 0 atom stereocenters. The Labute approximate surface area is 118 Å². The summed E-state index contributed by atoms with van der Waals surface area (Å²) in [7, 11) is 0. The van der Waals surface area contributed by atoms with Gasteiger partial charge in [0.05, 0.1) is 0 Å². The molecule has 4 N–H and O–H groups in total. The van der Waals surface area contributed by atoms with E-state index in [4.69, 9.17) is 11.5 Å². The van der Waals surface area contributed by atoms with E-state index < -0.39 is 0 Å². The third-order valence-corrected chi connectivity index (χ3v) is 6.25. The molecule has 4 bridgehead atoms. The Morgan fingerprint density at radius 2 is 1.26 bits per heavy atom. The summed E-state index contributed by atoms with van der Waals surface area (Å²) in [5.74, 6) is 3.21. The second kappa shape index (κ2) is 5.73. The molecular weight excluding hydrogens is 232 g/mol. The van der Waals surface area contributed by atoms with Gasteiger partial charge in [-0.3, -0.25) is 0 Å². The van der Waals surface area contributed by atoms with Gasteiger partial charge < -0.3 is 11.5 Å². The molecule has 5 aliphatic rings. The van der Waals surface area contributed by atoms with Crippen LogP contribution in [0.4, 0.5) is 0 Å². The fourth-order valence-electron chi connectivity index (χ4n) is 5.67. The van der Waals surface area contributed by atoms with Gasteiger partial charge in [0.25, 0.3) is 0 Å². The molecule has 5 saturated carbocycles. The highest BCUT2D eigenvalue weighted by Gasteiger charge is 2.49. The topological polar surface area (TPSA) is 52.0 Å². The molecule has 0 aromatic rings. The first kappa shape index (κ1) is 13.9. The van der Waals surface area contributed by atoms with E-state index in [0.29, 0.717) is 11.5 Å². The van der Waals surface area contributed by atoms with E-state index in [0.717, 1.165) is 24.3 Å². The minimum absolute atomic E-state index is 0.536. The van der Waals surface area contributed by atoms with Crippen molar-refractivity contribution >= 4 is 0 Å². The zero-order chi connectivity index (χ0) is 13.3. The summed E-state index contributed by atoms with van der Waals surface area (Å²) in [6, 6.07) is 0.536. The molecule has 0 unspecified atom stereocenters. The summed E-state index contributed by atoms with van der Waals surface area (Å²) in [4.78, 5) is 0. The van der Waals surface area contributed by atoms with Gasteiger partial charge in [-0.25, -0.2) is 0 Å². The van der Waals surface area contributed by atoms with E-state index in [2.05, 4.69) is 0 Å². The fourth-order valence-corrected chi connectivity index (χ4v) is 5.67. The van der Waals surface area contributed by atoms with Gasteiger partial charge in [0.2, 0.25) is 0 Å². The van der Waals surface area contributed by atoms with Crippen LogP contribution in [0.2, 0.25) is 0 Å². The first-order valence-electron chi connectivity index (χ1n) is 8.65. The Balaban J connectivity index is 0.000000136. The van der Waals surface area contributed by atoms with Crippen LogP contribution in [0.15, 0.2) is 0 Å². The van der Waals surface area contributed by atoms with Crippen molar-refractivity contribution in [3.63, 3.8) is 0 Å². The fraction of sp³-hybridized carbons (Fsp3) is 1.00. The van der Waals surface area contributed by atoms with Crippen LogP contribution >= 0.6 is 0 Å². The summed E-state index contributed by atoms with van der Waals surface area (Å²) >= 11 is 0. The van der Waals surface area contributed by atoms with Crippen molar-refractivity contribution in [1.29, 1.82) is 0 Å². The quantitative estimate of drug-likeness (QED) is 0.762. The first-order chi connectivity index (χ1) is 9.19. The lowest BCUT2D eigenvalue weighted by atomic mass is 9.50. The maximum Gasteiger partial charge on any atom is 0.00388 e. The lowest BCUT2D eigenvalue weighted by Gasteiger charge is -2.56. The molecule has 0 aromatic carbocycles. The Bertz CT molecular complexity index is 258. The predicted molar refractivity (Wildman–Crippen MR) is 80.7 cm³/mol. The largest absolute Gasteiger partial charge is 0.330 e. The number of rotatable bonds is 1. The minimum atomic E-state index is 0.536. The third kappa shape index (κ3) is 3.16. The molecular formula is C17H32N2. The van der Waals surface area contributed by atoms with Gasteiger partial charge in [-0.1, -0.05) is 19.3 Å². The highest BCUT2D eigenvalue weighted by molar-refractivity contribution is 5.01. The Hall–Kier alpha value is -0.0800. The van der Waals surface area contributed by atoms with Gasteiger partial charge in [-0.15, -0.1) is 0 Å². The summed E-state index contributed by atoms with van der Waals surface area (Å²) < 4.78 is 0. The van der Waals surface area contributed by atoms with Crippen molar-refractivity contribution in [1.82, 2.24) is 0 Å². The van der Waals surface area contributed by atoms with Crippen molar-refractivity contribution in [2.75, 3.05) is 6.54 Å². The van der Waals surface area contributed by atoms with Crippen molar-refractivity contribution in [3.05, 3.63) is 0 Å². The molecule has 2 nitrogen and oxygen atoms in total. The third-order valence-electron chi connectivity index (χ3n) is 6.25. The summed E-state index contributed by atoms with van der Waals surface area (Å²) in [6.45, 7) is 0.969. The van der Waals surface area contributed by atoms with E-state index >= 15 is 0 Å². The van der Waals surface area contributed by atoms with Crippen LogP contribution in [-0.4, -0.2) is 12.6 Å². The van der Waals surface area contributed by atoms with Crippen LogP contribution in [0.5, 0.6) is 0 Å². The second-order valence-electron chi connectivity index (χ2n) is 8.02. The SMILES string of the molecule is NC1CCCCC1.NCC12CC3CC(CC(C3)C1)C2. The van der Waals surface area contributed by atoms with Crippen molar-refractivity contribution in [3.8, 4) is 0 Å². The monoisotopic (exact) mass is 264 g/mol. The van der Waals surface area contributed by atoms with Crippen molar-refractivity contribution in [2.24, 2.45) is 34.6 Å². The molecule has 0 heterocycles. The Kier molecular flexibility index (Phi) is 4.19. The van der Waals surface area contributed by atoms with E-state index in [-0.39, 0.29) is 0 Å². The van der Waals surface area contributed by atoms with E-state index in [1.165, 1.54) is 70.6 Å². The number of hydrogen-bond donors (Lipinski definition) is 2. The standard InChI is InChI=1S/C11H19N.C6H13N/c12-7-11-4-8-1-9(5-11)3-10(2-8)6-11;7-6-4-2-1-3-5-6/h8-10H,1-7,12H2;6H,1-5,7H2. The van der Waals surface area contributed by atoms with E-state index in [1.54, 1.807) is 0 Å². The predicted octanol–water partition coefficient (Wildman–Crippen LogP) is 3.44. The maximum absolute atomic E-state index is 5.93. The average molecular weight is 264 g/mol. The molecule has 5 aliphatic carbocycles. The maximum atomic E-state index is 5.93. The van der Waals surface area contributed by atoms with Gasteiger partial charge in [0.1, 0.15) is 0 Å². The zero-order valence-corrected chi connectivity index (χ0v) is 12.4. The molecule has 5 rings (SSSR count). The lowest BCUT2D eigenvalue weighted by Crippen LogP contribution is -2.49. The van der Waals surface area contributed by atoms with Crippen molar-refractivity contribution < 1.29 is 0 Å². The number of nitrogens with two attached hydrogens (primary N) is 2. The van der Waals surface area contributed by atoms with Crippen LogP contribution in [0, 0.1) is 23.2 Å². The summed E-state index contributed by atoms with van der Waals surface area (Å²) in [5, 5.41) is 0. The highest BCUT2D eigenvalue weighted by atomic mass is 14.7. The molecule has 5 fully saturated rings. The minimum Gasteiger partial charge on any atom is -0.330 e. The van der Waals surface area contributed by atoms with E-state index in [1.807, 2.05) is 0 Å². The summed E-state index contributed by atoms with van der Waals surface area (Å²) in [6.07, 6.45) is 15.7. The van der Waals surface area contributed by atoms with E-state index in [9.17, 15) is 0 Å². The Morgan fingerprint density at radius 3 is 1.58 bits per heavy atom. The Morgan fingerprint density at radius 1 is 0.789 bits per heavy atom. The van der Waals surface area contributed by atoms with Gasteiger partial charge in [-0.2, -0.15) is 0 Å². The summed E-state index contributed by atoms with van der Waals surface area (Å²) in [5.41, 5.74) is 12.2. The zero-order valence-electron chi connectivity index (χ0n) is 12.4. The van der Waals surface area contributed by atoms with Crippen LogP contribution in [-0.2, 0) is 0 Å². The first-order valence-corrected chi connectivity index (χ1v) is 8.65. The van der Waals surface area contributed by atoms with Gasteiger partial charge >= 0.3 is 0 Å². The molecule has 110 valence electrons. The molecule has 2 heteroatoms. The van der Waals surface area contributed by atoms with Gasteiger partial charge in [-0.05, 0) is 81.1 Å². The van der Waals surface area contributed by atoms with Gasteiger partial charge in [0.15, 0.2) is 0 Å². The van der Waals surface area contributed by atoms with Crippen LogP contribution in [0.25, 0.3) is 0 Å². The second-order valence-corrected chi connectivity index (χ2v) is 8.02. The molecule has 0 radical (unpaired) electrons. The van der Waals surface area contributed by atoms with Crippen molar-refractivity contribution in [2.45, 2.75) is 76.7 Å². The van der Waals surface area contributed by atoms with Gasteiger partial charge in [0, 0.05) is 6.04 Å². The van der Waals surface area contributed by atoms with Crippen LogP contribution in [0.3, 0.4) is 0 Å². The molecule has 19 heavy (non-hydrogen) atoms. The number of hydrogen-bond acceptors (Lipinski definition) is 2. The molecule has 0 spiro atoms. The molecule has 0 aromatic heterocycles. The lowest BCUT2D eigenvalue weighted by molar-refractivity contribution is -0.0468. The smallest absolute Gasteiger partial charge is 0.00388 e. The van der Waals surface area contributed by atoms with Crippen LogP contribution < -0.4 is 11.5 Å². The van der Waals surface area contributed by atoms with Crippen LogP contribution in [0.1, 0.15) is 70.6 Å². The highest BCUT2D eigenvalue weighted by Crippen LogP contribution is 2.59. The molecule has 0 aliphatic heterocycles. The molecule has 0 amide bonds. The molecule has 0 saturated heterocycles.